The molecular weight excluding hydrogens is 246 g/mol. The fourth-order valence-corrected chi connectivity index (χ4v) is 3.03. The summed E-state index contributed by atoms with van der Waals surface area (Å²) in [5, 5.41) is 3.80. The lowest BCUT2D eigenvalue weighted by molar-refractivity contribution is -0.0789. The number of ether oxygens (including phenoxy) is 1. The Hall–Kier alpha value is -0.860. The third-order valence-electron chi connectivity index (χ3n) is 4.57. The summed E-state index contributed by atoms with van der Waals surface area (Å²) in [7, 11) is 0. The maximum absolute atomic E-state index is 5.92. The van der Waals surface area contributed by atoms with Crippen LogP contribution in [0.25, 0.3) is 0 Å². The summed E-state index contributed by atoms with van der Waals surface area (Å²) in [5.41, 5.74) is 1.52. The number of hydrogen-bond donors (Lipinski definition) is 1. The van der Waals surface area contributed by atoms with Gasteiger partial charge in [0.2, 0.25) is 0 Å². The number of benzene rings is 1. The second-order valence-electron chi connectivity index (χ2n) is 6.43. The molecule has 3 unspecified atom stereocenters. The van der Waals surface area contributed by atoms with E-state index in [2.05, 4.69) is 56.4 Å². The van der Waals surface area contributed by atoms with Crippen molar-refractivity contribution in [2.75, 3.05) is 6.61 Å². The van der Waals surface area contributed by atoms with Crippen molar-refractivity contribution in [3.05, 3.63) is 35.9 Å². The van der Waals surface area contributed by atoms with Gasteiger partial charge in [-0.25, -0.2) is 0 Å². The zero-order chi connectivity index (χ0) is 14.4. The topological polar surface area (TPSA) is 21.3 Å². The molecule has 0 aliphatic carbocycles. The molecule has 0 amide bonds. The van der Waals surface area contributed by atoms with Crippen LogP contribution in [0.1, 0.15) is 52.0 Å². The maximum Gasteiger partial charge on any atom is 0.0666 e. The van der Waals surface area contributed by atoms with Crippen molar-refractivity contribution in [2.24, 2.45) is 0 Å². The molecule has 2 nitrogen and oxygen atoms in total. The van der Waals surface area contributed by atoms with E-state index in [1.165, 1.54) is 12.0 Å². The number of aryl methyl sites for hydroxylation is 1. The van der Waals surface area contributed by atoms with Crippen molar-refractivity contribution in [3.63, 3.8) is 0 Å². The van der Waals surface area contributed by atoms with Gasteiger partial charge in [-0.15, -0.1) is 0 Å². The van der Waals surface area contributed by atoms with Crippen LogP contribution in [0.5, 0.6) is 0 Å². The molecule has 1 aliphatic heterocycles. The lowest BCUT2D eigenvalue weighted by atomic mass is 9.89. The van der Waals surface area contributed by atoms with E-state index in [0.717, 1.165) is 32.3 Å². The Morgan fingerprint density at radius 1 is 1.35 bits per heavy atom. The van der Waals surface area contributed by atoms with Crippen molar-refractivity contribution < 1.29 is 4.74 Å². The second kappa shape index (κ2) is 7.24. The summed E-state index contributed by atoms with van der Waals surface area (Å²) in [6, 6.07) is 11.9. The van der Waals surface area contributed by atoms with E-state index >= 15 is 0 Å². The Bertz CT molecular complexity index is 392. The summed E-state index contributed by atoms with van der Waals surface area (Å²) in [5.74, 6) is 0. The van der Waals surface area contributed by atoms with Gasteiger partial charge in [-0.3, -0.25) is 0 Å². The minimum absolute atomic E-state index is 0.0784. The SMILES string of the molecule is CCC1(C)CC(NC(C)CCc2ccccc2)CCO1. The highest BCUT2D eigenvalue weighted by molar-refractivity contribution is 5.14. The predicted molar refractivity (Wildman–Crippen MR) is 85.0 cm³/mol. The summed E-state index contributed by atoms with van der Waals surface area (Å²) in [4.78, 5) is 0. The van der Waals surface area contributed by atoms with Crippen molar-refractivity contribution >= 4 is 0 Å². The molecule has 0 radical (unpaired) electrons. The normalized spacial score (nSPS) is 28.2. The summed E-state index contributed by atoms with van der Waals surface area (Å²) in [6.45, 7) is 7.67. The molecule has 1 aromatic carbocycles. The molecule has 1 saturated heterocycles. The van der Waals surface area contributed by atoms with Crippen molar-refractivity contribution in [1.82, 2.24) is 5.32 Å². The lowest BCUT2D eigenvalue weighted by Crippen LogP contribution is -2.47. The van der Waals surface area contributed by atoms with Crippen molar-refractivity contribution in [1.29, 1.82) is 0 Å². The monoisotopic (exact) mass is 275 g/mol. The molecule has 1 aliphatic rings. The van der Waals surface area contributed by atoms with Gasteiger partial charge in [-0.2, -0.15) is 0 Å². The van der Waals surface area contributed by atoms with Crippen LogP contribution in [0.2, 0.25) is 0 Å². The fourth-order valence-electron chi connectivity index (χ4n) is 3.03. The fraction of sp³-hybridized carbons (Fsp3) is 0.667. The van der Waals surface area contributed by atoms with E-state index in [1.54, 1.807) is 0 Å². The molecule has 0 aromatic heterocycles. The van der Waals surface area contributed by atoms with Crippen LogP contribution in [0.15, 0.2) is 30.3 Å². The first-order chi connectivity index (χ1) is 9.61. The van der Waals surface area contributed by atoms with Crippen LogP contribution in [0.3, 0.4) is 0 Å². The van der Waals surface area contributed by atoms with E-state index in [0.29, 0.717) is 12.1 Å². The summed E-state index contributed by atoms with van der Waals surface area (Å²) < 4.78 is 5.92. The summed E-state index contributed by atoms with van der Waals surface area (Å²) >= 11 is 0. The van der Waals surface area contributed by atoms with Gasteiger partial charge in [-0.1, -0.05) is 37.3 Å². The van der Waals surface area contributed by atoms with Gasteiger partial charge in [0.15, 0.2) is 0 Å². The van der Waals surface area contributed by atoms with E-state index < -0.39 is 0 Å². The first kappa shape index (κ1) is 15.5. The molecule has 0 saturated carbocycles. The average Bonchev–Trinajstić information content (AvgIpc) is 2.46. The van der Waals surface area contributed by atoms with Gasteiger partial charge >= 0.3 is 0 Å². The standard InChI is InChI=1S/C18H29NO/c1-4-18(3)14-17(12-13-20-18)19-15(2)10-11-16-8-6-5-7-9-16/h5-9,15,17,19H,4,10-14H2,1-3H3. The van der Waals surface area contributed by atoms with Crippen LogP contribution in [-0.4, -0.2) is 24.3 Å². The Morgan fingerprint density at radius 3 is 2.80 bits per heavy atom. The molecular formula is C18H29NO. The molecule has 0 bridgehead atoms. The van der Waals surface area contributed by atoms with Crippen LogP contribution in [-0.2, 0) is 11.2 Å². The third-order valence-corrected chi connectivity index (χ3v) is 4.57. The zero-order valence-corrected chi connectivity index (χ0v) is 13.2. The first-order valence-corrected chi connectivity index (χ1v) is 8.05. The van der Waals surface area contributed by atoms with Gasteiger partial charge in [0.25, 0.3) is 0 Å². The van der Waals surface area contributed by atoms with E-state index in [9.17, 15) is 0 Å². The molecule has 1 aromatic rings. The predicted octanol–water partition coefficient (Wildman–Crippen LogP) is 3.95. The van der Waals surface area contributed by atoms with Crippen LogP contribution < -0.4 is 5.32 Å². The Labute approximate surface area is 123 Å². The van der Waals surface area contributed by atoms with Gasteiger partial charge in [0.1, 0.15) is 0 Å². The number of rotatable bonds is 6. The Balaban J connectivity index is 1.75. The summed E-state index contributed by atoms with van der Waals surface area (Å²) in [6.07, 6.45) is 5.74. The Morgan fingerprint density at radius 2 is 2.10 bits per heavy atom. The van der Waals surface area contributed by atoms with Gasteiger partial charge in [0, 0.05) is 18.7 Å². The first-order valence-electron chi connectivity index (χ1n) is 8.05. The molecule has 0 spiro atoms. The zero-order valence-electron chi connectivity index (χ0n) is 13.2. The molecule has 2 heteroatoms. The van der Waals surface area contributed by atoms with Gasteiger partial charge in [0.05, 0.1) is 5.60 Å². The highest BCUT2D eigenvalue weighted by atomic mass is 16.5. The molecule has 1 fully saturated rings. The molecule has 1 heterocycles. The largest absolute Gasteiger partial charge is 0.375 e. The molecule has 3 atom stereocenters. The minimum atomic E-state index is 0.0784. The van der Waals surface area contributed by atoms with Crippen LogP contribution in [0.4, 0.5) is 0 Å². The molecule has 112 valence electrons. The van der Waals surface area contributed by atoms with Crippen molar-refractivity contribution in [3.8, 4) is 0 Å². The maximum atomic E-state index is 5.92. The van der Waals surface area contributed by atoms with E-state index in [4.69, 9.17) is 4.74 Å². The van der Waals surface area contributed by atoms with Crippen molar-refractivity contribution in [2.45, 2.75) is 70.6 Å². The van der Waals surface area contributed by atoms with Crippen LogP contribution >= 0.6 is 0 Å². The van der Waals surface area contributed by atoms with Gasteiger partial charge < -0.3 is 10.1 Å². The van der Waals surface area contributed by atoms with Crippen LogP contribution in [0, 0.1) is 0 Å². The smallest absolute Gasteiger partial charge is 0.0666 e. The third kappa shape index (κ3) is 4.60. The highest BCUT2D eigenvalue weighted by Crippen LogP contribution is 2.28. The quantitative estimate of drug-likeness (QED) is 0.849. The average molecular weight is 275 g/mol. The molecule has 20 heavy (non-hydrogen) atoms. The highest BCUT2D eigenvalue weighted by Gasteiger charge is 2.31. The van der Waals surface area contributed by atoms with Gasteiger partial charge in [-0.05, 0) is 51.5 Å². The lowest BCUT2D eigenvalue weighted by Gasteiger charge is -2.39. The van der Waals surface area contributed by atoms with E-state index in [1.807, 2.05) is 0 Å². The number of nitrogens with one attached hydrogen (secondary N) is 1. The number of hydrogen-bond acceptors (Lipinski definition) is 2. The minimum Gasteiger partial charge on any atom is -0.375 e. The molecule has 2 rings (SSSR count). The molecule has 1 N–H and O–H groups in total. The Kier molecular flexibility index (Phi) is 5.62. The second-order valence-corrected chi connectivity index (χ2v) is 6.43. The van der Waals surface area contributed by atoms with E-state index in [-0.39, 0.29) is 5.60 Å².